The number of rotatable bonds is 6. The number of hydrogen-bond donors (Lipinski definition) is 2. The van der Waals surface area contributed by atoms with Gasteiger partial charge in [0.05, 0.1) is 0 Å². The number of carbonyl (C=O) groups is 2. The lowest BCUT2D eigenvalue weighted by molar-refractivity contribution is -0.119. The number of thioether (sulfide) groups is 1. The van der Waals surface area contributed by atoms with Crippen molar-refractivity contribution in [3.8, 4) is 0 Å². The molecule has 0 bridgehead atoms. The van der Waals surface area contributed by atoms with Crippen molar-refractivity contribution >= 4 is 23.7 Å². The number of carbonyl (C=O) groups excluding carboxylic acids is 2. The van der Waals surface area contributed by atoms with Crippen LogP contribution in [0.2, 0.25) is 0 Å². The van der Waals surface area contributed by atoms with E-state index in [-0.39, 0.29) is 0 Å². The minimum absolute atomic E-state index is 0.414. The molecule has 0 fully saturated rings. The Bertz CT molecular complexity index is 944. The van der Waals surface area contributed by atoms with Crippen LogP contribution in [-0.2, 0) is 18.3 Å². The molecule has 1 heterocycles. The molecule has 0 saturated heterocycles. The van der Waals surface area contributed by atoms with Crippen LogP contribution in [0.3, 0.4) is 0 Å². The van der Waals surface area contributed by atoms with Gasteiger partial charge in [0.15, 0.2) is 5.16 Å². The van der Waals surface area contributed by atoms with Crippen LogP contribution in [-0.4, -0.2) is 33.8 Å². The van der Waals surface area contributed by atoms with E-state index in [2.05, 4.69) is 20.8 Å². The van der Waals surface area contributed by atoms with Crippen LogP contribution in [0.15, 0.2) is 65.8 Å². The number of imide groups is 1. The van der Waals surface area contributed by atoms with Gasteiger partial charge in [-0.1, -0.05) is 72.4 Å². The van der Waals surface area contributed by atoms with E-state index in [4.69, 9.17) is 0 Å². The summed E-state index contributed by atoms with van der Waals surface area (Å²) in [5.74, 6) is 0.385. The van der Waals surface area contributed by atoms with Crippen LogP contribution in [0.5, 0.6) is 0 Å². The molecule has 3 aromatic rings. The maximum Gasteiger partial charge on any atom is 0.321 e. The molecule has 0 saturated carbocycles. The van der Waals surface area contributed by atoms with Crippen LogP contribution >= 0.6 is 11.8 Å². The van der Waals surface area contributed by atoms with Crippen molar-refractivity contribution in [3.63, 3.8) is 0 Å². The van der Waals surface area contributed by atoms with Gasteiger partial charge >= 0.3 is 6.03 Å². The minimum Gasteiger partial charge on any atom is -0.341 e. The molecule has 1 atom stereocenters. The van der Waals surface area contributed by atoms with Gasteiger partial charge < -0.3 is 9.88 Å². The van der Waals surface area contributed by atoms with E-state index in [1.54, 1.807) is 0 Å². The van der Waals surface area contributed by atoms with Gasteiger partial charge in [-0.3, -0.25) is 10.1 Å². The molecule has 0 spiro atoms. The highest BCUT2D eigenvalue weighted by Gasteiger charge is 2.26. The first-order chi connectivity index (χ1) is 13.6. The van der Waals surface area contributed by atoms with Crippen molar-refractivity contribution in [3.05, 3.63) is 77.6 Å². The van der Waals surface area contributed by atoms with Crippen LogP contribution in [0.1, 0.15) is 22.2 Å². The molecule has 0 aliphatic carbocycles. The van der Waals surface area contributed by atoms with E-state index in [0.717, 1.165) is 17.0 Å². The Morgan fingerprint density at radius 2 is 1.68 bits per heavy atom. The average molecular weight is 395 g/mol. The molecule has 0 radical (unpaired) electrons. The Labute approximate surface area is 167 Å². The van der Waals surface area contributed by atoms with Crippen LogP contribution < -0.4 is 10.6 Å². The summed E-state index contributed by atoms with van der Waals surface area (Å²) >= 11 is 1.26. The topological polar surface area (TPSA) is 88.9 Å². The quantitative estimate of drug-likeness (QED) is 0.627. The van der Waals surface area contributed by atoms with Gasteiger partial charge in [0.25, 0.3) is 0 Å². The van der Waals surface area contributed by atoms with Crippen molar-refractivity contribution in [1.29, 1.82) is 0 Å². The highest BCUT2D eigenvalue weighted by atomic mass is 32.2. The van der Waals surface area contributed by atoms with Crippen molar-refractivity contribution in [2.24, 2.45) is 7.05 Å². The lowest BCUT2D eigenvalue weighted by atomic mass is 10.1. The SMILES string of the molecule is CNC(=O)NC(=O)[C@@H](Sc1nnc(Cc2ccccc2)n1C)c1ccccc1. The van der Waals surface area contributed by atoms with Crippen LogP contribution in [0.4, 0.5) is 4.79 Å². The third-order valence-corrected chi connectivity index (χ3v) is 5.45. The molecule has 3 amide bonds. The Morgan fingerprint density at radius 1 is 1.04 bits per heavy atom. The molecule has 8 heteroatoms. The van der Waals surface area contributed by atoms with Gasteiger partial charge in [0, 0.05) is 20.5 Å². The van der Waals surface area contributed by atoms with Gasteiger partial charge in [0.1, 0.15) is 11.1 Å². The largest absolute Gasteiger partial charge is 0.341 e. The highest BCUT2D eigenvalue weighted by Crippen LogP contribution is 2.34. The Morgan fingerprint density at radius 3 is 2.32 bits per heavy atom. The first-order valence-electron chi connectivity index (χ1n) is 8.75. The molecular formula is C20H21N5O2S. The van der Waals surface area contributed by atoms with Crippen molar-refractivity contribution < 1.29 is 9.59 Å². The Hall–Kier alpha value is -3.13. The van der Waals surface area contributed by atoms with E-state index in [1.807, 2.05) is 72.3 Å². The summed E-state index contributed by atoms with van der Waals surface area (Å²) < 4.78 is 1.88. The van der Waals surface area contributed by atoms with Crippen molar-refractivity contribution in [1.82, 2.24) is 25.4 Å². The van der Waals surface area contributed by atoms with E-state index in [9.17, 15) is 9.59 Å². The molecule has 2 N–H and O–H groups in total. The number of nitrogens with one attached hydrogen (secondary N) is 2. The maximum absolute atomic E-state index is 12.7. The van der Waals surface area contributed by atoms with Crippen molar-refractivity contribution in [2.45, 2.75) is 16.8 Å². The maximum atomic E-state index is 12.7. The zero-order valence-electron chi connectivity index (χ0n) is 15.6. The zero-order chi connectivity index (χ0) is 19.9. The minimum atomic E-state index is -0.633. The Kier molecular flexibility index (Phi) is 6.44. The first kappa shape index (κ1) is 19.6. The van der Waals surface area contributed by atoms with E-state index < -0.39 is 17.2 Å². The summed E-state index contributed by atoms with van der Waals surface area (Å²) in [5.41, 5.74) is 1.91. The number of nitrogens with zero attached hydrogens (tertiary/aromatic N) is 3. The summed E-state index contributed by atoms with van der Waals surface area (Å²) in [5, 5.41) is 13.2. The van der Waals surface area contributed by atoms with Gasteiger partial charge in [-0.2, -0.15) is 0 Å². The van der Waals surface area contributed by atoms with Crippen LogP contribution in [0, 0.1) is 0 Å². The summed E-state index contributed by atoms with van der Waals surface area (Å²) in [6.45, 7) is 0. The third kappa shape index (κ3) is 4.77. The van der Waals surface area contributed by atoms with Gasteiger partial charge in [-0.05, 0) is 11.1 Å². The van der Waals surface area contributed by atoms with E-state index >= 15 is 0 Å². The summed E-state index contributed by atoms with van der Waals surface area (Å²) in [7, 11) is 3.34. The molecule has 28 heavy (non-hydrogen) atoms. The first-order valence-corrected chi connectivity index (χ1v) is 9.63. The average Bonchev–Trinajstić information content (AvgIpc) is 3.06. The normalized spacial score (nSPS) is 11.6. The molecule has 7 nitrogen and oxygen atoms in total. The second-order valence-corrected chi connectivity index (χ2v) is 7.17. The third-order valence-electron chi connectivity index (χ3n) is 4.16. The van der Waals surface area contributed by atoms with E-state index in [0.29, 0.717) is 11.6 Å². The van der Waals surface area contributed by atoms with Gasteiger partial charge in [-0.15, -0.1) is 10.2 Å². The van der Waals surface area contributed by atoms with E-state index in [1.165, 1.54) is 18.8 Å². The summed E-state index contributed by atoms with van der Waals surface area (Å²) in [6, 6.07) is 18.7. The number of benzene rings is 2. The molecule has 1 aromatic heterocycles. The molecule has 144 valence electrons. The lowest BCUT2D eigenvalue weighted by Crippen LogP contribution is -2.39. The number of urea groups is 1. The molecular weight excluding hydrogens is 374 g/mol. The monoisotopic (exact) mass is 395 g/mol. The molecule has 0 aliphatic rings. The summed E-state index contributed by atoms with van der Waals surface area (Å²) in [6.07, 6.45) is 0.644. The predicted molar refractivity (Wildman–Crippen MR) is 108 cm³/mol. The van der Waals surface area contributed by atoms with Crippen molar-refractivity contribution in [2.75, 3.05) is 7.05 Å². The van der Waals surface area contributed by atoms with Gasteiger partial charge in [-0.25, -0.2) is 4.79 Å². The smallest absolute Gasteiger partial charge is 0.321 e. The molecule has 0 unspecified atom stereocenters. The lowest BCUT2D eigenvalue weighted by Gasteiger charge is -2.15. The molecule has 2 aromatic carbocycles. The number of hydrogen-bond acceptors (Lipinski definition) is 5. The Balaban J connectivity index is 1.83. The second-order valence-electron chi connectivity index (χ2n) is 6.10. The highest BCUT2D eigenvalue weighted by molar-refractivity contribution is 8.00. The fourth-order valence-corrected chi connectivity index (χ4v) is 3.65. The number of amides is 3. The number of aromatic nitrogens is 3. The predicted octanol–water partition coefficient (Wildman–Crippen LogP) is 2.69. The second kappa shape index (κ2) is 9.18. The fraction of sp³-hybridized carbons (Fsp3) is 0.200. The van der Waals surface area contributed by atoms with Crippen LogP contribution in [0.25, 0.3) is 0 Å². The molecule has 3 rings (SSSR count). The van der Waals surface area contributed by atoms with Gasteiger partial charge in [0.2, 0.25) is 5.91 Å². The fourth-order valence-electron chi connectivity index (χ4n) is 2.63. The summed E-state index contributed by atoms with van der Waals surface area (Å²) in [4.78, 5) is 24.3. The standard InChI is InChI=1S/C20H21N5O2S/c1-21-19(27)22-18(26)17(15-11-7-4-8-12-15)28-20-24-23-16(25(20)2)13-14-9-5-3-6-10-14/h3-12,17H,13H2,1-2H3,(H2,21,22,26,27)/t17-/m0/s1. The zero-order valence-corrected chi connectivity index (χ0v) is 16.4. The molecule has 0 aliphatic heterocycles.